The number of benzene rings is 1. The number of phenolic OH excluding ortho intramolecular Hbond substituents is 1. The van der Waals surface area contributed by atoms with Crippen molar-refractivity contribution < 1.29 is 19.2 Å². The molecule has 3 rings (SSSR count). The molecule has 1 atom stereocenters. The molecule has 3 N–H and O–H groups in total. The van der Waals surface area contributed by atoms with E-state index in [-0.39, 0.29) is 11.9 Å². The second-order valence-electron chi connectivity index (χ2n) is 6.21. The van der Waals surface area contributed by atoms with Gasteiger partial charge in [-0.15, -0.1) is 0 Å². The summed E-state index contributed by atoms with van der Waals surface area (Å²) >= 11 is 0. The highest BCUT2D eigenvalue weighted by Crippen LogP contribution is 2.25. The van der Waals surface area contributed by atoms with Gasteiger partial charge in [0.2, 0.25) is 0 Å². The molecular formula is C18H24N3O3+. The lowest BCUT2D eigenvalue weighted by Crippen LogP contribution is -3.15. The number of hydrogen-bond acceptors (Lipinski definition) is 4. The molecule has 6 nitrogen and oxygen atoms in total. The fraction of sp³-hybridized carbons (Fsp3) is 0.389. The van der Waals surface area contributed by atoms with Gasteiger partial charge in [0.25, 0.3) is 5.91 Å². The number of quaternary nitrogens is 1. The van der Waals surface area contributed by atoms with Crippen LogP contribution in [0.25, 0.3) is 0 Å². The second kappa shape index (κ2) is 7.40. The van der Waals surface area contributed by atoms with Crippen molar-refractivity contribution in [1.29, 1.82) is 0 Å². The van der Waals surface area contributed by atoms with Gasteiger partial charge in [0.1, 0.15) is 11.5 Å². The van der Waals surface area contributed by atoms with E-state index in [2.05, 4.69) is 10.2 Å². The van der Waals surface area contributed by atoms with E-state index >= 15 is 0 Å². The smallest absolute Gasteiger partial charge is 0.275 e. The van der Waals surface area contributed by atoms with Crippen LogP contribution in [0.15, 0.2) is 47.1 Å². The number of amides is 1. The van der Waals surface area contributed by atoms with E-state index in [1.807, 2.05) is 37.3 Å². The Hall–Kier alpha value is -2.47. The summed E-state index contributed by atoms with van der Waals surface area (Å²) in [6.07, 6.45) is 1.61. The number of furan rings is 1. The Morgan fingerprint density at radius 3 is 2.71 bits per heavy atom. The van der Waals surface area contributed by atoms with Crippen LogP contribution in [0, 0.1) is 0 Å². The normalized spacial score (nSPS) is 16.8. The molecule has 0 saturated carbocycles. The Bertz CT molecular complexity index is 664. The summed E-state index contributed by atoms with van der Waals surface area (Å²) in [5, 5.41) is 12.9. The number of rotatable bonds is 5. The Labute approximate surface area is 141 Å². The highest BCUT2D eigenvalue weighted by molar-refractivity contribution is 5.77. The zero-order valence-electron chi connectivity index (χ0n) is 13.9. The van der Waals surface area contributed by atoms with Crippen molar-refractivity contribution in [1.82, 2.24) is 5.32 Å². The van der Waals surface area contributed by atoms with Crippen molar-refractivity contribution in [2.45, 2.75) is 13.0 Å². The first-order valence-electron chi connectivity index (χ1n) is 8.33. The van der Waals surface area contributed by atoms with Gasteiger partial charge in [-0.1, -0.05) is 12.1 Å². The zero-order chi connectivity index (χ0) is 16.9. The predicted molar refractivity (Wildman–Crippen MR) is 91.1 cm³/mol. The molecule has 1 aromatic carbocycles. The Morgan fingerprint density at radius 1 is 1.29 bits per heavy atom. The van der Waals surface area contributed by atoms with Gasteiger partial charge >= 0.3 is 0 Å². The quantitative estimate of drug-likeness (QED) is 0.750. The van der Waals surface area contributed by atoms with Crippen LogP contribution in [0.1, 0.15) is 18.7 Å². The second-order valence-corrected chi connectivity index (χ2v) is 6.21. The molecule has 0 spiro atoms. The number of anilines is 1. The lowest BCUT2D eigenvalue weighted by atomic mass is 10.2. The molecule has 2 aromatic rings. The van der Waals surface area contributed by atoms with Gasteiger partial charge in [0.15, 0.2) is 6.54 Å². The summed E-state index contributed by atoms with van der Waals surface area (Å²) in [4.78, 5) is 15.6. The monoisotopic (exact) mass is 330 g/mol. The molecule has 0 unspecified atom stereocenters. The number of phenols is 1. The summed E-state index contributed by atoms with van der Waals surface area (Å²) in [5.74, 6) is 1.11. The number of para-hydroxylation sites is 2. The molecule has 0 aliphatic carbocycles. The molecule has 1 aromatic heterocycles. The van der Waals surface area contributed by atoms with Crippen molar-refractivity contribution >= 4 is 11.6 Å². The van der Waals surface area contributed by atoms with E-state index in [0.29, 0.717) is 12.3 Å². The average Bonchev–Trinajstić information content (AvgIpc) is 3.11. The van der Waals surface area contributed by atoms with E-state index in [9.17, 15) is 9.90 Å². The number of carbonyl (C=O) groups is 1. The minimum absolute atomic E-state index is 0.0323. The lowest BCUT2D eigenvalue weighted by Gasteiger charge is -2.33. The third-order valence-corrected chi connectivity index (χ3v) is 4.45. The van der Waals surface area contributed by atoms with Crippen molar-refractivity contribution in [2.75, 3.05) is 37.6 Å². The first-order chi connectivity index (χ1) is 11.6. The first-order valence-corrected chi connectivity index (χ1v) is 8.33. The number of nitrogens with one attached hydrogen (secondary N) is 2. The molecule has 1 fully saturated rings. The van der Waals surface area contributed by atoms with Gasteiger partial charge in [0, 0.05) is 0 Å². The number of carbonyl (C=O) groups excluding carboxylic acids is 1. The summed E-state index contributed by atoms with van der Waals surface area (Å²) in [6.45, 7) is 5.78. The van der Waals surface area contributed by atoms with Crippen LogP contribution in [0.3, 0.4) is 0 Å². The zero-order valence-corrected chi connectivity index (χ0v) is 13.9. The molecule has 1 amide bonds. The molecule has 6 heteroatoms. The Morgan fingerprint density at radius 2 is 2.04 bits per heavy atom. The maximum absolute atomic E-state index is 12.2. The van der Waals surface area contributed by atoms with Gasteiger partial charge in [-0.25, -0.2) is 0 Å². The minimum atomic E-state index is -0.116. The van der Waals surface area contributed by atoms with Gasteiger partial charge in [-0.2, -0.15) is 0 Å². The predicted octanol–water partition coefficient (Wildman–Crippen LogP) is 0.568. The molecule has 24 heavy (non-hydrogen) atoms. The standard InChI is InChI=1S/C18H23N3O3/c1-14(17-7-4-12-24-17)19-18(23)13-20-8-10-21(11-9-20)15-5-2-3-6-16(15)22/h2-7,12,14,22H,8-11,13H2,1H3,(H,19,23)/p+1/t14-/m1/s1. The van der Waals surface area contributed by atoms with Crippen molar-refractivity contribution in [3.8, 4) is 5.75 Å². The van der Waals surface area contributed by atoms with Gasteiger partial charge in [-0.3, -0.25) is 4.79 Å². The summed E-state index contributed by atoms with van der Waals surface area (Å²) in [7, 11) is 0. The van der Waals surface area contributed by atoms with Crippen molar-refractivity contribution in [2.24, 2.45) is 0 Å². The largest absolute Gasteiger partial charge is 0.506 e. The number of hydrogen-bond donors (Lipinski definition) is 3. The van der Waals surface area contributed by atoms with Crippen molar-refractivity contribution in [3.05, 3.63) is 48.4 Å². The highest BCUT2D eigenvalue weighted by Gasteiger charge is 2.24. The van der Waals surface area contributed by atoms with Gasteiger partial charge in [0.05, 0.1) is 44.2 Å². The van der Waals surface area contributed by atoms with Gasteiger partial charge in [-0.05, 0) is 31.2 Å². The Kier molecular flexibility index (Phi) is 5.05. The maximum Gasteiger partial charge on any atom is 0.275 e. The Balaban J connectivity index is 1.47. The minimum Gasteiger partial charge on any atom is -0.506 e. The third-order valence-electron chi connectivity index (χ3n) is 4.45. The average molecular weight is 330 g/mol. The summed E-state index contributed by atoms with van der Waals surface area (Å²) in [5.41, 5.74) is 0.868. The van der Waals surface area contributed by atoms with E-state index in [1.54, 1.807) is 12.3 Å². The SMILES string of the molecule is C[C@@H](NC(=O)C[NH+]1CCN(c2ccccc2O)CC1)c1ccco1. The molecule has 128 valence electrons. The van der Waals surface area contributed by atoms with E-state index in [4.69, 9.17) is 4.42 Å². The first kappa shape index (κ1) is 16.4. The molecule has 0 bridgehead atoms. The van der Waals surface area contributed by atoms with Crippen LogP contribution in [0.5, 0.6) is 5.75 Å². The highest BCUT2D eigenvalue weighted by atomic mass is 16.3. The van der Waals surface area contributed by atoms with Gasteiger partial charge < -0.3 is 24.6 Å². The van der Waals surface area contributed by atoms with Crippen LogP contribution in [-0.4, -0.2) is 43.7 Å². The lowest BCUT2D eigenvalue weighted by molar-refractivity contribution is -0.892. The van der Waals surface area contributed by atoms with E-state index in [1.165, 1.54) is 4.90 Å². The van der Waals surface area contributed by atoms with Crippen LogP contribution >= 0.6 is 0 Å². The van der Waals surface area contributed by atoms with E-state index < -0.39 is 0 Å². The molecule has 1 aliphatic heterocycles. The molecule has 1 aliphatic rings. The molecule has 1 saturated heterocycles. The molecule has 0 radical (unpaired) electrons. The number of aromatic hydroxyl groups is 1. The fourth-order valence-electron chi connectivity index (χ4n) is 3.10. The van der Waals surface area contributed by atoms with Crippen LogP contribution < -0.4 is 15.1 Å². The fourth-order valence-corrected chi connectivity index (χ4v) is 3.10. The maximum atomic E-state index is 12.2. The molecular weight excluding hydrogens is 306 g/mol. The topological polar surface area (TPSA) is 70.2 Å². The van der Waals surface area contributed by atoms with E-state index in [0.717, 1.165) is 37.6 Å². The van der Waals surface area contributed by atoms with Crippen LogP contribution in [0.4, 0.5) is 5.69 Å². The number of nitrogens with zero attached hydrogens (tertiary/aromatic N) is 1. The molecule has 2 heterocycles. The van der Waals surface area contributed by atoms with Crippen molar-refractivity contribution in [3.63, 3.8) is 0 Å². The number of piperazine rings is 1. The van der Waals surface area contributed by atoms with Crippen LogP contribution in [0.2, 0.25) is 0 Å². The van der Waals surface area contributed by atoms with Crippen LogP contribution in [-0.2, 0) is 4.79 Å². The summed E-state index contributed by atoms with van der Waals surface area (Å²) < 4.78 is 5.31. The summed E-state index contributed by atoms with van der Waals surface area (Å²) in [6, 6.07) is 11.0. The third kappa shape index (κ3) is 3.89.